The minimum Gasteiger partial charge on any atom is -0.0701 e. The Morgan fingerprint density at radius 1 is 0.615 bits per heavy atom. The first-order chi connectivity index (χ1) is 12.9. The molecule has 26 heavy (non-hydrogen) atoms. The van der Waals surface area contributed by atoms with Crippen molar-refractivity contribution in [1.29, 1.82) is 0 Å². The van der Waals surface area contributed by atoms with E-state index in [0.29, 0.717) is 0 Å². The van der Waals surface area contributed by atoms with Gasteiger partial charge in [-0.2, -0.15) is 0 Å². The van der Waals surface area contributed by atoms with Crippen LogP contribution in [0.5, 0.6) is 0 Å². The fourth-order valence-corrected chi connectivity index (χ4v) is 5.01. The molecule has 0 spiro atoms. The molecule has 0 aromatic carbocycles. The molecular formula is C26H48. The smallest absolute Gasteiger partial charge is 0.0201 e. The third kappa shape index (κ3) is 10.2. The SMILES string of the molecule is CCCCCCCCCCCCCCCCCC(=C1CC1)C1CCCC1. The van der Waals surface area contributed by atoms with Crippen LogP contribution in [0.3, 0.4) is 0 Å². The van der Waals surface area contributed by atoms with E-state index in [1.165, 1.54) is 141 Å². The van der Waals surface area contributed by atoms with Gasteiger partial charge in [0.1, 0.15) is 0 Å². The molecule has 0 nitrogen and oxygen atoms in total. The molecule has 2 rings (SSSR count). The van der Waals surface area contributed by atoms with Crippen molar-refractivity contribution in [2.75, 3.05) is 0 Å². The normalized spacial score (nSPS) is 17.2. The molecule has 0 aromatic heterocycles. The van der Waals surface area contributed by atoms with Gasteiger partial charge in [-0.15, -0.1) is 0 Å². The van der Waals surface area contributed by atoms with Crippen LogP contribution in [0.4, 0.5) is 0 Å². The molecule has 0 radical (unpaired) electrons. The first kappa shape index (κ1) is 22.0. The maximum Gasteiger partial charge on any atom is -0.0201 e. The summed E-state index contributed by atoms with van der Waals surface area (Å²) in [6.45, 7) is 2.30. The van der Waals surface area contributed by atoms with Crippen molar-refractivity contribution in [1.82, 2.24) is 0 Å². The molecule has 0 aromatic rings. The van der Waals surface area contributed by atoms with E-state index in [4.69, 9.17) is 0 Å². The summed E-state index contributed by atoms with van der Waals surface area (Å²) in [4.78, 5) is 0. The van der Waals surface area contributed by atoms with Gasteiger partial charge >= 0.3 is 0 Å². The van der Waals surface area contributed by atoms with Crippen LogP contribution in [-0.4, -0.2) is 0 Å². The van der Waals surface area contributed by atoms with Crippen molar-refractivity contribution in [2.24, 2.45) is 5.92 Å². The van der Waals surface area contributed by atoms with Crippen molar-refractivity contribution in [3.05, 3.63) is 11.1 Å². The number of unbranched alkanes of at least 4 members (excludes halogenated alkanes) is 14. The van der Waals surface area contributed by atoms with Gasteiger partial charge in [-0.25, -0.2) is 0 Å². The molecule has 0 N–H and O–H groups in total. The fraction of sp³-hybridized carbons (Fsp3) is 0.923. The second-order valence-corrected chi connectivity index (χ2v) is 9.31. The summed E-state index contributed by atoms with van der Waals surface area (Å²) in [5.41, 5.74) is 3.82. The summed E-state index contributed by atoms with van der Waals surface area (Å²) in [7, 11) is 0. The van der Waals surface area contributed by atoms with E-state index < -0.39 is 0 Å². The van der Waals surface area contributed by atoms with Crippen LogP contribution in [-0.2, 0) is 0 Å². The average Bonchev–Trinajstić information content (AvgIpc) is 3.35. The molecule has 0 heterocycles. The maximum absolute atomic E-state index is 2.30. The van der Waals surface area contributed by atoms with Gasteiger partial charge in [0.05, 0.1) is 0 Å². The molecule has 0 amide bonds. The molecule has 0 aliphatic heterocycles. The van der Waals surface area contributed by atoms with Gasteiger partial charge in [0.2, 0.25) is 0 Å². The van der Waals surface area contributed by atoms with E-state index in [0.717, 1.165) is 5.92 Å². The maximum atomic E-state index is 2.30. The van der Waals surface area contributed by atoms with Crippen molar-refractivity contribution in [3.63, 3.8) is 0 Å². The average molecular weight is 361 g/mol. The van der Waals surface area contributed by atoms with E-state index in [1.54, 1.807) is 0 Å². The van der Waals surface area contributed by atoms with Crippen LogP contribution >= 0.6 is 0 Å². The Kier molecular flexibility index (Phi) is 12.5. The van der Waals surface area contributed by atoms with Crippen LogP contribution in [0.2, 0.25) is 0 Å². The Bertz CT molecular complexity index is 352. The van der Waals surface area contributed by atoms with Gasteiger partial charge in [0, 0.05) is 0 Å². The number of allylic oxidation sites excluding steroid dienone is 2. The van der Waals surface area contributed by atoms with E-state index >= 15 is 0 Å². The van der Waals surface area contributed by atoms with E-state index in [9.17, 15) is 0 Å². The first-order valence-corrected chi connectivity index (χ1v) is 12.6. The molecule has 2 fully saturated rings. The quantitative estimate of drug-likeness (QED) is 0.179. The molecule has 2 saturated carbocycles. The summed E-state index contributed by atoms with van der Waals surface area (Å²) in [6, 6.07) is 0. The lowest BCUT2D eigenvalue weighted by Gasteiger charge is -2.14. The summed E-state index contributed by atoms with van der Waals surface area (Å²) < 4.78 is 0. The molecule has 2 aliphatic carbocycles. The van der Waals surface area contributed by atoms with Crippen LogP contribution in [0.25, 0.3) is 0 Å². The number of hydrogen-bond donors (Lipinski definition) is 0. The Morgan fingerprint density at radius 2 is 1.04 bits per heavy atom. The molecule has 2 aliphatic rings. The van der Waals surface area contributed by atoms with Gasteiger partial charge in [-0.3, -0.25) is 0 Å². The molecular weight excluding hydrogens is 312 g/mol. The van der Waals surface area contributed by atoms with Gasteiger partial charge in [-0.1, -0.05) is 121 Å². The predicted molar refractivity (Wildman–Crippen MR) is 118 cm³/mol. The van der Waals surface area contributed by atoms with E-state index in [1.807, 2.05) is 11.1 Å². The summed E-state index contributed by atoms with van der Waals surface area (Å²) in [5, 5.41) is 0. The molecule has 0 atom stereocenters. The van der Waals surface area contributed by atoms with E-state index in [2.05, 4.69) is 6.92 Å². The van der Waals surface area contributed by atoms with Gasteiger partial charge in [0.15, 0.2) is 0 Å². The molecule has 0 bridgehead atoms. The monoisotopic (exact) mass is 360 g/mol. The first-order valence-electron chi connectivity index (χ1n) is 12.6. The Morgan fingerprint density at radius 3 is 1.46 bits per heavy atom. The van der Waals surface area contributed by atoms with Gasteiger partial charge < -0.3 is 0 Å². The zero-order valence-electron chi connectivity index (χ0n) is 18.1. The van der Waals surface area contributed by atoms with Crippen molar-refractivity contribution < 1.29 is 0 Å². The third-order valence-electron chi connectivity index (χ3n) is 6.85. The van der Waals surface area contributed by atoms with Crippen LogP contribution in [0.15, 0.2) is 11.1 Å². The zero-order chi connectivity index (χ0) is 18.3. The van der Waals surface area contributed by atoms with Crippen LogP contribution in [0.1, 0.15) is 148 Å². The Balaban J connectivity index is 1.32. The number of hydrogen-bond acceptors (Lipinski definition) is 0. The van der Waals surface area contributed by atoms with Gasteiger partial charge in [0.25, 0.3) is 0 Å². The van der Waals surface area contributed by atoms with Crippen molar-refractivity contribution >= 4 is 0 Å². The van der Waals surface area contributed by atoms with E-state index in [-0.39, 0.29) is 0 Å². The van der Waals surface area contributed by atoms with Crippen LogP contribution in [0, 0.1) is 5.92 Å². The molecule has 0 unspecified atom stereocenters. The highest BCUT2D eigenvalue weighted by Gasteiger charge is 2.25. The van der Waals surface area contributed by atoms with Gasteiger partial charge in [-0.05, 0) is 44.4 Å². The topological polar surface area (TPSA) is 0 Å². The molecule has 0 heteroatoms. The lowest BCUT2D eigenvalue weighted by molar-refractivity contribution is 0.527. The minimum absolute atomic E-state index is 1.01. The highest BCUT2D eigenvalue weighted by atomic mass is 14.3. The highest BCUT2D eigenvalue weighted by molar-refractivity contribution is 5.27. The summed E-state index contributed by atoms with van der Waals surface area (Å²) >= 11 is 0. The Labute approximate surface area is 165 Å². The second kappa shape index (κ2) is 14.8. The molecule has 0 saturated heterocycles. The third-order valence-corrected chi connectivity index (χ3v) is 6.85. The second-order valence-electron chi connectivity index (χ2n) is 9.31. The van der Waals surface area contributed by atoms with Crippen molar-refractivity contribution in [2.45, 2.75) is 148 Å². The molecule has 152 valence electrons. The lowest BCUT2D eigenvalue weighted by atomic mass is 9.91. The zero-order valence-corrected chi connectivity index (χ0v) is 18.1. The summed E-state index contributed by atoms with van der Waals surface area (Å²) in [5.74, 6) is 1.01. The number of rotatable bonds is 17. The Hall–Kier alpha value is -0.260. The van der Waals surface area contributed by atoms with Crippen molar-refractivity contribution in [3.8, 4) is 0 Å². The highest BCUT2D eigenvalue weighted by Crippen LogP contribution is 2.42. The standard InChI is InChI=1S/C26H48/c1-2-3-4-5-6-7-8-9-10-11-12-13-14-15-16-21-26(25-22-23-25)24-19-17-18-20-24/h24H,2-23H2,1H3. The van der Waals surface area contributed by atoms with Crippen LogP contribution < -0.4 is 0 Å². The minimum atomic E-state index is 1.01. The fourth-order valence-electron chi connectivity index (χ4n) is 5.01. The predicted octanol–water partition coefficient (Wildman–Crippen LogP) is 9.53. The largest absolute Gasteiger partial charge is 0.0701 e. The lowest BCUT2D eigenvalue weighted by Crippen LogP contribution is -1.99. The summed E-state index contributed by atoms with van der Waals surface area (Å²) in [6.07, 6.45) is 32.5.